The SMILES string of the molecule is COC1=C(C)C(=O)c2c(c(C)c3n2CCCC3COP(=O)(O)OC[C@H]2O[C@@H](n3cnc4c(=O)[nH]c(N)nc43)C[C@@H]2O)C1=O. The first-order chi connectivity index (χ1) is 20.4. The van der Waals surface area contributed by atoms with E-state index in [9.17, 15) is 28.9 Å². The number of ketones is 2. The van der Waals surface area contributed by atoms with Gasteiger partial charge < -0.3 is 29.8 Å². The Morgan fingerprint density at radius 1 is 1.21 bits per heavy atom. The van der Waals surface area contributed by atoms with Crippen molar-refractivity contribution < 1.29 is 42.7 Å². The Balaban J connectivity index is 1.12. The van der Waals surface area contributed by atoms with E-state index in [4.69, 9.17) is 24.3 Å². The van der Waals surface area contributed by atoms with Gasteiger partial charge in [0.1, 0.15) is 18.0 Å². The molecule has 0 spiro atoms. The van der Waals surface area contributed by atoms with Gasteiger partial charge >= 0.3 is 7.82 Å². The zero-order valence-corrected chi connectivity index (χ0v) is 24.5. The van der Waals surface area contributed by atoms with E-state index in [1.807, 2.05) is 0 Å². The van der Waals surface area contributed by atoms with Crippen LogP contribution in [-0.2, 0) is 29.6 Å². The van der Waals surface area contributed by atoms with Crippen LogP contribution in [0.4, 0.5) is 5.95 Å². The molecule has 2 unspecified atom stereocenters. The molecule has 16 nitrogen and oxygen atoms in total. The number of aromatic nitrogens is 5. The topological polar surface area (TPSA) is 223 Å². The highest BCUT2D eigenvalue weighted by Gasteiger charge is 2.41. The molecular formula is C26H31N6O10P. The Bertz CT molecular complexity index is 1790. The largest absolute Gasteiger partial charge is 0.492 e. The number of fused-ring (bicyclic) bond motifs is 4. The van der Waals surface area contributed by atoms with E-state index in [0.29, 0.717) is 36.3 Å². The number of carbonyl (C=O) groups excluding carboxylic acids is 2. The molecule has 3 aromatic heterocycles. The maximum Gasteiger partial charge on any atom is 0.472 e. The van der Waals surface area contributed by atoms with Crippen molar-refractivity contribution >= 4 is 36.5 Å². The third kappa shape index (κ3) is 4.93. The van der Waals surface area contributed by atoms with Crippen molar-refractivity contribution in [1.29, 1.82) is 0 Å². The number of H-pyrrole nitrogens is 1. The van der Waals surface area contributed by atoms with Gasteiger partial charge in [-0.25, -0.2) is 9.55 Å². The van der Waals surface area contributed by atoms with Crippen LogP contribution in [-0.4, -0.2) is 78.2 Å². The maximum atomic E-state index is 13.2. The Labute approximate surface area is 244 Å². The van der Waals surface area contributed by atoms with Gasteiger partial charge in [0.05, 0.1) is 38.3 Å². The molecule has 0 saturated carbocycles. The number of hydrogen-bond donors (Lipinski definition) is 4. The first-order valence-electron chi connectivity index (χ1n) is 13.7. The fourth-order valence-electron chi connectivity index (χ4n) is 6.22. The number of nitrogens with two attached hydrogens (primary N) is 1. The lowest BCUT2D eigenvalue weighted by atomic mass is 9.90. The van der Waals surface area contributed by atoms with Crippen LogP contribution in [0.25, 0.3) is 11.2 Å². The molecule has 43 heavy (non-hydrogen) atoms. The molecule has 0 radical (unpaired) electrons. The van der Waals surface area contributed by atoms with Crippen LogP contribution in [0.15, 0.2) is 22.5 Å². The van der Waals surface area contributed by atoms with Crippen LogP contribution >= 0.6 is 7.82 Å². The molecule has 3 aliphatic rings. The summed E-state index contributed by atoms with van der Waals surface area (Å²) in [6.45, 7) is 3.15. The number of phosphoric ester groups is 1. The van der Waals surface area contributed by atoms with Crippen LogP contribution in [0.2, 0.25) is 0 Å². The van der Waals surface area contributed by atoms with Gasteiger partial charge in [-0.05, 0) is 32.3 Å². The minimum Gasteiger partial charge on any atom is -0.492 e. The second-order valence-corrected chi connectivity index (χ2v) is 12.3. The van der Waals surface area contributed by atoms with Gasteiger partial charge in [0, 0.05) is 30.2 Å². The summed E-state index contributed by atoms with van der Waals surface area (Å²) < 4.78 is 37.7. The number of ether oxygens (including phenoxy) is 2. The molecule has 1 saturated heterocycles. The number of methoxy groups -OCH3 is 1. The second-order valence-electron chi connectivity index (χ2n) is 10.8. The predicted octanol–water partition coefficient (Wildman–Crippen LogP) is 1.47. The molecule has 2 aliphatic heterocycles. The zero-order chi connectivity index (χ0) is 30.8. The summed E-state index contributed by atoms with van der Waals surface area (Å²) in [6, 6.07) is 0. The number of allylic oxidation sites excluding steroid dienone is 2. The Morgan fingerprint density at radius 2 is 1.95 bits per heavy atom. The number of nitrogen functional groups attached to an aromatic ring is 1. The molecule has 5 atom stereocenters. The molecule has 5 heterocycles. The maximum absolute atomic E-state index is 13.2. The first-order valence-corrected chi connectivity index (χ1v) is 15.2. The van der Waals surface area contributed by atoms with Gasteiger partial charge in [0.15, 0.2) is 16.9 Å². The summed E-state index contributed by atoms with van der Waals surface area (Å²) in [5.74, 6) is -1.14. The van der Waals surface area contributed by atoms with Crippen LogP contribution in [0.1, 0.15) is 70.4 Å². The highest BCUT2D eigenvalue weighted by atomic mass is 31.2. The minimum absolute atomic E-state index is 0.0124. The number of aliphatic hydroxyl groups is 1. The number of aliphatic hydroxyl groups excluding tert-OH is 1. The smallest absolute Gasteiger partial charge is 0.472 e. The third-order valence-corrected chi connectivity index (χ3v) is 9.17. The van der Waals surface area contributed by atoms with Crippen molar-refractivity contribution in [2.45, 2.75) is 64.0 Å². The number of Topliss-reactive ketones (excluding diaryl/α,β-unsaturated/α-hetero) is 2. The van der Waals surface area contributed by atoms with Crippen LogP contribution in [0.3, 0.4) is 0 Å². The van der Waals surface area contributed by atoms with Crippen molar-refractivity contribution in [3.05, 3.63) is 50.5 Å². The number of nitrogens with one attached hydrogen (secondary N) is 1. The van der Waals surface area contributed by atoms with Gasteiger partial charge in [-0.15, -0.1) is 0 Å². The van der Waals surface area contributed by atoms with Crippen LogP contribution < -0.4 is 11.3 Å². The van der Waals surface area contributed by atoms with Gasteiger partial charge in [-0.3, -0.25) is 33.0 Å². The van der Waals surface area contributed by atoms with Crippen LogP contribution in [0, 0.1) is 6.92 Å². The van der Waals surface area contributed by atoms with E-state index < -0.39 is 38.4 Å². The Morgan fingerprint density at radius 3 is 2.70 bits per heavy atom. The Kier molecular flexibility index (Phi) is 7.39. The molecule has 0 bridgehead atoms. The molecule has 17 heteroatoms. The van der Waals surface area contributed by atoms with E-state index in [1.165, 1.54) is 18.0 Å². The lowest BCUT2D eigenvalue weighted by molar-refractivity contribution is -0.0441. The fourth-order valence-corrected chi connectivity index (χ4v) is 7.00. The van der Waals surface area contributed by atoms with Crippen molar-refractivity contribution in [2.24, 2.45) is 0 Å². The second kappa shape index (κ2) is 10.8. The zero-order valence-electron chi connectivity index (χ0n) is 23.6. The summed E-state index contributed by atoms with van der Waals surface area (Å²) in [7, 11) is -3.26. The van der Waals surface area contributed by atoms with Crippen LogP contribution in [0.5, 0.6) is 0 Å². The van der Waals surface area contributed by atoms with E-state index in [-0.39, 0.29) is 64.5 Å². The summed E-state index contributed by atoms with van der Waals surface area (Å²) in [5.41, 5.74) is 7.46. The number of phosphoric acid groups is 1. The third-order valence-electron chi connectivity index (χ3n) is 8.22. The van der Waals surface area contributed by atoms with Gasteiger partial charge in [0.25, 0.3) is 5.56 Å². The molecule has 1 aliphatic carbocycles. The molecule has 0 aromatic carbocycles. The predicted molar refractivity (Wildman–Crippen MR) is 148 cm³/mol. The van der Waals surface area contributed by atoms with Crippen molar-refractivity contribution in [2.75, 3.05) is 26.1 Å². The molecule has 5 N–H and O–H groups in total. The van der Waals surface area contributed by atoms with Crippen molar-refractivity contribution in [1.82, 2.24) is 24.1 Å². The average Bonchev–Trinajstić information content (AvgIpc) is 3.64. The highest BCUT2D eigenvalue weighted by molar-refractivity contribution is 7.47. The standard InChI is InChI=1S/C26H31N6O10P/c1-11-17-20(21(34)12(2)23(39-3)22(17)35)31-6-4-5-13(19(11)31)8-40-43(37,38)41-9-15-14(33)7-16(42-15)32-10-28-18-24(32)29-26(27)30-25(18)36/h10,13-16,33H,4-9H2,1-3H3,(H,37,38)(H3,27,29,30,36)/t13?,14-,15+,16+/m0/s1. The number of nitrogens with zero attached hydrogens (tertiary/aromatic N) is 4. The number of imidazole rings is 1. The summed E-state index contributed by atoms with van der Waals surface area (Å²) >= 11 is 0. The quantitative estimate of drug-likeness (QED) is 0.263. The van der Waals surface area contributed by atoms with E-state index in [2.05, 4.69) is 15.0 Å². The minimum atomic E-state index is -4.61. The summed E-state index contributed by atoms with van der Waals surface area (Å²) in [4.78, 5) is 59.3. The molecule has 3 aromatic rings. The molecule has 0 amide bonds. The average molecular weight is 619 g/mol. The van der Waals surface area contributed by atoms with Gasteiger partial charge in [-0.1, -0.05) is 0 Å². The van der Waals surface area contributed by atoms with E-state index >= 15 is 0 Å². The van der Waals surface area contributed by atoms with Gasteiger partial charge in [0.2, 0.25) is 17.5 Å². The number of anilines is 1. The lowest BCUT2D eigenvalue weighted by Crippen LogP contribution is -2.27. The van der Waals surface area contributed by atoms with E-state index in [1.54, 1.807) is 18.4 Å². The normalized spacial score (nSPS) is 25.2. The first kappa shape index (κ1) is 29.4. The summed E-state index contributed by atoms with van der Waals surface area (Å²) in [6.07, 6.45) is -0.171. The fraction of sp³-hybridized carbons (Fsp3) is 0.500. The van der Waals surface area contributed by atoms with Crippen molar-refractivity contribution in [3.8, 4) is 0 Å². The lowest BCUT2D eigenvalue weighted by Gasteiger charge is -2.27. The molecule has 1 fully saturated rings. The number of aromatic amines is 1. The number of rotatable bonds is 8. The molecule has 6 rings (SSSR count). The highest BCUT2D eigenvalue weighted by Crippen LogP contribution is 2.47. The van der Waals surface area contributed by atoms with Gasteiger partial charge in [-0.2, -0.15) is 4.98 Å². The van der Waals surface area contributed by atoms with E-state index in [0.717, 1.165) is 0 Å². The summed E-state index contributed by atoms with van der Waals surface area (Å²) in [5, 5.41) is 10.6. The monoisotopic (exact) mass is 618 g/mol. The molecular weight excluding hydrogens is 587 g/mol. The Hall–Kier alpha value is -3.66. The molecule has 230 valence electrons. The number of carbonyl (C=O) groups is 2. The number of hydrogen-bond acceptors (Lipinski definition) is 12. The van der Waals surface area contributed by atoms with Crippen molar-refractivity contribution in [3.63, 3.8) is 0 Å².